The van der Waals surface area contributed by atoms with E-state index in [2.05, 4.69) is 84.2 Å². The summed E-state index contributed by atoms with van der Waals surface area (Å²) in [5.41, 5.74) is -0.599. The van der Waals surface area contributed by atoms with Gasteiger partial charge in [-0.15, -0.1) is 0 Å². The van der Waals surface area contributed by atoms with Crippen molar-refractivity contribution in [3.63, 3.8) is 0 Å². The van der Waals surface area contributed by atoms with Crippen LogP contribution < -0.4 is 5.32 Å². The van der Waals surface area contributed by atoms with Gasteiger partial charge >= 0.3 is 6.18 Å². The molecule has 268 valence electrons. The van der Waals surface area contributed by atoms with E-state index < -0.39 is 18.4 Å². The fourth-order valence-corrected chi connectivity index (χ4v) is 1.70. The van der Waals surface area contributed by atoms with Crippen molar-refractivity contribution in [1.82, 2.24) is 10.2 Å². The van der Waals surface area contributed by atoms with Crippen LogP contribution in [0.4, 0.5) is 13.2 Å². The van der Waals surface area contributed by atoms with E-state index in [1.165, 1.54) is 0 Å². The van der Waals surface area contributed by atoms with Crippen LogP contribution in [0.25, 0.3) is 0 Å². The molecule has 0 radical (unpaired) electrons. The minimum absolute atomic E-state index is 0.00993. The van der Waals surface area contributed by atoms with Gasteiger partial charge < -0.3 is 33.9 Å². The minimum atomic E-state index is -4.22. The van der Waals surface area contributed by atoms with E-state index in [9.17, 15) is 13.2 Å². The number of nitrogens with one attached hydrogen (secondary N) is 1. The van der Waals surface area contributed by atoms with E-state index in [0.717, 1.165) is 39.3 Å². The zero-order chi connectivity index (χ0) is 35.8. The highest BCUT2D eigenvalue weighted by Gasteiger charge is 2.30. The van der Waals surface area contributed by atoms with Gasteiger partial charge in [-0.2, -0.15) is 13.2 Å². The third kappa shape index (κ3) is 85.6. The number of nitrogens with zero attached hydrogens (tertiary/aromatic N) is 1. The average Bonchev–Trinajstić information content (AvgIpc) is 2.74. The Balaban J connectivity index is -0.000000141. The summed E-state index contributed by atoms with van der Waals surface area (Å²) < 4.78 is 60.1. The van der Waals surface area contributed by atoms with Crippen molar-refractivity contribution in [2.45, 2.75) is 151 Å². The topological polar surface area (TPSA) is 61.4 Å². The number of halogens is 3. The van der Waals surface area contributed by atoms with Gasteiger partial charge in [-0.3, -0.25) is 0 Å². The van der Waals surface area contributed by atoms with E-state index in [1.807, 2.05) is 41.9 Å². The molecule has 0 saturated carbocycles. The SMILES string of the molecule is CC(C)(C)OCC(F)(F)F.CCCOC(C)(C)C.CN(C)CCOC(C)(C)C.CNCCOC(C)(C)C.COC(C)(C)C. The van der Waals surface area contributed by atoms with Gasteiger partial charge in [0.2, 0.25) is 0 Å². The van der Waals surface area contributed by atoms with Crippen molar-refractivity contribution >= 4 is 0 Å². The smallest absolute Gasteiger partial charge is 0.379 e. The van der Waals surface area contributed by atoms with Crippen LogP contribution in [0.5, 0.6) is 0 Å². The number of alkyl halides is 3. The highest BCUT2D eigenvalue weighted by molar-refractivity contribution is 4.61. The third-order valence-electron chi connectivity index (χ3n) is 3.98. The molecule has 0 aliphatic rings. The van der Waals surface area contributed by atoms with E-state index in [-0.39, 0.29) is 22.4 Å². The number of hydrogen-bond acceptors (Lipinski definition) is 7. The first kappa shape index (κ1) is 52.1. The summed E-state index contributed by atoms with van der Waals surface area (Å²) in [6.45, 7) is 34.8. The predicted molar refractivity (Wildman–Crippen MR) is 178 cm³/mol. The number of hydrogen-bond donors (Lipinski definition) is 1. The second-order valence-corrected chi connectivity index (χ2v) is 15.1. The highest BCUT2D eigenvalue weighted by atomic mass is 19.4. The summed E-state index contributed by atoms with van der Waals surface area (Å²) in [5.74, 6) is 0. The standard InChI is InChI=1S/C8H19NO.C7H17NO.C7H16O.C6H11F3O.C5H12O/c1-8(2,3)10-7-6-9(4)5;1-7(2,3)9-6-5-8-4;1-5-6-8-7(2,3)4;1-5(2,3)10-4-6(7,8)9;1-5(2,3)6-4/h6-7H2,1-5H3;8H,5-6H2,1-4H3;5-6H2,1-4H3;4H2,1-3H3;1-4H3. The maximum atomic E-state index is 11.5. The van der Waals surface area contributed by atoms with Crippen LogP contribution >= 0.6 is 0 Å². The molecule has 0 atom stereocenters. The van der Waals surface area contributed by atoms with Gasteiger partial charge in [-0.25, -0.2) is 0 Å². The van der Waals surface area contributed by atoms with Gasteiger partial charge in [0.15, 0.2) is 0 Å². The summed E-state index contributed by atoms with van der Waals surface area (Å²) in [4.78, 5) is 2.12. The summed E-state index contributed by atoms with van der Waals surface area (Å²) in [6, 6.07) is 0. The maximum Gasteiger partial charge on any atom is 0.411 e. The van der Waals surface area contributed by atoms with Crippen molar-refractivity contribution in [3.05, 3.63) is 0 Å². The number of rotatable bonds is 9. The predicted octanol–water partition coefficient (Wildman–Crippen LogP) is 8.39. The fraction of sp³-hybridized carbons (Fsp3) is 1.00. The van der Waals surface area contributed by atoms with Crippen LogP contribution in [0.1, 0.15) is 117 Å². The summed E-state index contributed by atoms with van der Waals surface area (Å²) in [6.07, 6.45) is -3.11. The van der Waals surface area contributed by atoms with Crippen LogP contribution in [0.3, 0.4) is 0 Å². The van der Waals surface area contributed by atoms with Gasteiger partial charge in [0.25, 0.3) is 0 Å². The normalized spacial score (nSPS) is 12.6. The Hall–Kier alpha value is -0.490. The molecule has 0 amide bonds. The number of methoxy groups -OCH3 is 1. The molecule has 0 unspecified atom stereocenters. The molecule has 0 saturated heterocycles. The number of likely N-dealkylation sites (N-methyl/N-ethyl adjacent to an activating group) is 2. The van der Waals surface area contributed by atoms with Crippen LogP contribution in [-0.4, -0.2) is 107 Å². The second-order valence-electron chi connectivity index (χ2n) is 15.1. The summed E-state index contributed by atoms with van der Waals surface area (Å²) >= 11 is 0. The Labute approximate surface area is 266 Å². The third-order valence-corrected chi connectivity index (χ3v) is 3.98. The monoisotopic (exact) mass is 637 g/mol. The van der Waals surface area contributed by atoms with Crippen molar-refractivity contribution < 1.29 is 36.9 Å². The highest BCUT2D eigenvalue weighted by Crippen LogP contribution is 2.18. The van der Waals surface area contributed by atoms with E-state index in [4.69, 9.17) is 18.9 Å². The van der Waals surface area contributed by atoms with Crippen molar-refractivity contribution in [2.75, 3.05) is 67.8 Å². The maximum absolute atomic E-state index is 11.5. The van der Waals surface area contributed by atoms with Gasteiger partial charge in [-0.1, -0.05) is 6.92 Å². The van der Waals surface area contributed by atoms with Crippen LogP contribution in [0.2, 0.25) is 0 Å². The fourth-order valence-electron chi connectivity index (χ4n) is 1.70. The molecule has 7 nitrogen and oxygen atoms in total. The van der Waals surface area contributed by atoms with Crippen LogP contribution in [-0.2, 0) is 23.7 Å². The molecule has 0 aromatic heterocycles. The zero-order valence-electron chi connectivity index (χ0n) is 32.1. The zero-order valence-corrected chi connectivity index (χ0v) is 32.1. The van der Waals surface area contributed by atoms with E-state index >= 15 is 0 Å². The Morgan fingerprint density at radius 2 is 0.884 bits per heavy atom. The Kier molecular flexibility index (Phi) is 31.1. The van der Waals surface area contributed by atoms with Crippen molar-refractivity contribution in [2.24, 2.45) is 0 Å². The van der Waals surface area contributed by atoms with Crippen LogP contribution in [0.15, 0.2) is 0 Å². The molecule has 1 N–H and O–H groups in total. The molecule has 0 rings (SSSR count). The first-order valence-corrected chi connectivity index (χ1v) is 15.3. The molecule has 0 aliphatic heterocycles. The largest absolute Gasteiger partial charge is 0.411 e. The molecule has 0 spiro atoms. The molecule has 10 heteroatoms. The lowest BCUT2D eigenvalue weighted by molar-refractivity contribution is -0.196. The van der Waals surface area contributed by atoms with Gasteiger partial charge in [0.1, 0.15) is 6.61 Å². The lowest BCUT2D eigenvalue weighted by Gasteiger charge is -2.20. The molecule has 43 heavy (non-hydrogen) atoms. The summed E-state index contributed by atoms with van der Waals surface area (Å²) in [7, 11) is 7.73. The lowest BCUT2D eigenvalue weighted by atomic mass is 10.2. The lowest BCUT2D eigenvalue weighted by Crippen LogP contribution is -2.27. The Morgan fingerprint density at radius 1 is 0.558 bits per heavy atom. The minimum Gasteiger partial charge on any atom is -0.379 e. The molecule has 0 heterocycles. The van der Waals surface area contributed by atoms with E-state index in [1.54, 1.807) is 27.9 Å². The first-order chi connectivity index (χ1) is 18.8. The Morgan fingerprint density at radius 3 is 1.07 bits per heavy atom. The Bertz CT molecular complexity index is 568. The first-order valence-electron chi connectivity index (χ1n) is 15.3. The molecule has 0 aromatic carbocycles. The molecular weight excluding hydrogens is 561 g/mol. The van der Waals surface area contributed by atoms with Crippen molar-refractivity contribution in [1.29, 1.82) is 0 Å². The van der Waals surface area contributed by atoms with E-state index in [0.29, 0.717) is 0 Å². The van der Waals surface area contributed by atoms with Gasteiger partial charge in [-0.05, 0) is 131 Å². The second kappa shape index (κ2) is 25.7. The average molecular weight is 637 g/mol. The van der Waals surface area contributed by atoms with Gasteiger partial charge in [0.05, 0.1) is 41.2 Å². The quantitative estimate of drug-likeness (QED) is 0.255. The number of ether oxygens (including phenoxy) is 5. The van der Waals surface area contributed by atoms with Crippen molar-refractivity contribution in [3.8, 4) is 0 Å². The van der Waals surface area contributed by atoms with Gasteiger partial charge in [0, 0.05) is 26.8 Å². The molecular formula is C33H75F3N2O5. The molecule has 0 fully saturated rings. The van der Waals surface area contributed by atoms with Crippen LogP contribution in [0, 0.1) is 0 Å². The molecule has 0 bridgehead atoms. The summed E-state index contributed by atoms with van der Waals surface area (Å²) in [5, 5.41) is 3.02. The molecule has 0 aromatic rings. The molecule has 0 aliphatic carbocycles.